The normalized spacial score (nSPS) is 12.2. The highest BCUT2D eigenvalue weighted by Gasteiger charge is 2.27. The van der Waals surface area contributed by atoms with Crippen LogP contribution in [0, 0.1) is 5.82 Å². The molecule has 7 nitrogen and oxygen atoms in total. The summed E-state index contributed by atoms with van der Waals surface area (Å²) < 4.78 is 41.6. The van der Waals surface area contributed by atoms with Crippen LogP contribution in [0.3, 0.4) is 0 Å². The van der Waals surface area contributed by atoms with Crippen molar-refractivity contribution in [2.45, 2.75) is 33.1 Å². The van der Waals surface area contributed by atoms with Crippen molar-refractivity contribution in [1.29, 1.82) is 0 Å². The van der Waals surface area contributed by atoms with E-state index < -0.39 is 15.8 Å². The van der Waals surface area contributed by atoms with Gasteiger partial charge in [-0.1, -0.05) is 32.4 Å². The second kappa shape index (κ2) is 8.09. The van der Waals surface area contributed by atoms with E-state index in [2.05, 4.69) is 19.7 Å². The molecule has 160 valence electrons. The fourth-order valence-electron chi connectivity index (χ4n) is 2.57. The number of nitrogens with zero attached hydrogens (tertiary/aromatic N) is 3. The molecule has 3 rings (SSSR count). The zero-order chi connectivity index (χ0) is 22.3. The Balaban J connectivity index is 2.27. The van der Waals surface area contributed by atoms with E-state index in [1.54, 1.807) is 6.07 Å². The molecule has 0 fully saturated rings. The van der Waals surface area contributed by atoms with E-state index in [-0.39, 0.29) is 33.4 Å². The van der Waals surface area contributed by atoms with Crippen LogP contribution in [0.1, 0.15) is 32.7 Å². The summed E-state index contributed by atoms with van der Waals surface area (Å²) in [5.74, 6) is -0.900. The lowest BCUT2D eigenvalue weighted by atomic mass is 9.98. The minimum absolute atomic E-state index is 0.0650. The summed E-state index contributed by atoms with van der Waals surface area (Å²) in [7, 11) is -3.70. The van der Waals surface area contributed by atoms with Gasteiger partial charge in [0.25, 0.3) is 0 Å². The molecule has 0 unspecified atom stereocenters. The number of nitrogens with two attached hydrogens (primary N) is 1. The fraction of sp³-hybridized carbons (Fsp3) is 0.316. The van der Waals surface area contributed by atoms with Gasteiger partial charge in [-0.05, 0) is 25.1 Å². The molecule has 11 heteroatoms. The van der Waals surface area contributed by atoms with Crippen molar-refractivity contribution in [2.75, 3.05) is 16.2 Å². The highest BCUT2D eigenvalue weighted by atomic mass is 35.5. The maximum absolute atomic E-state index is 15.4. The van der Waals surface area contributed by atoms with Crippen LogP contribution in [0.4, 0.5) is 16.0 Å². The molecule has 0 aliphatic carbocycles. The van der Waals surface area contributed by atoms with Crippen molar-refractivity contribution >= 4 is 44.6 Å². The lowest BCUT2D eigenvalue weighted by molar-refractivity contribution is 0.585. The van der Waals surface area contributed by atoms with E-state index >= 15 is 4.39 Å². The summed E-state index contributed by atoms with van der Waals surface area (Å²) in [6.45, 7) is 7.42. The van der Waals surface area contributed by atoms with Crippen LogP contribution in [-0.4, -0.2) is 29.1 Å². The Labute approximate surface area is 183 Å². The fourth-order valence-corrected chi connectivity index (χ4v) is 4.53. The minimum Gasteiger partial charge on any atom is -0.368 e. The van der Waals surface area contributed by atoms with Crippen molar-refractivity contribution in [3.63, 3.8) is 0 Å². The second-order valence-corrected chi connectivity index (χ2v) is 11.0. The molecule has 30 heavy (non-hydrogen) atoms. The first-order valence-electron chi connectivity index (χ1n) is 9.01. The average Bonchev–Trinajstić information content (AvgIpc) is 3.10. The Morgan fingerprint density at radius 3 is 2.57 bits per heavy atom. The van der Waals surface area contributed by atoms with Crippen LogP contribution >= 0.6 is 22.9 Å². The number of aromatic nitrogens is 3. The number of sulfonamides is 1. The van der Waals surface area contributed by atoms with Crippen molar-refractivity contribution < 1.29 is 12.8 Å². The molecular formula is C19H21ClFN5O2S2. The number of nitrogens with one attached hydrogen (secondary N) is 1. The van der Waals surface area contributed by atoms with Crippen LogP contribution in [0.5, 0.6) is 0 Å². The van der Waals surface area contributed by atoms with Gasteiger partial charge < -0.3 is 5.73 Å². The van der Waals surface area contributed by atoms with Crippen molar-refractivity contribution in [3.05, 3.63) is 40.2 Å². The van der Waals surface area contributed by atoms with Gasteiger partial charge in [-0.15, -0.1) is 11.3 Å². The van der Waals surface area contributed by atoms with Gasteiger partial charge in [-0.2, -0.15) is 0 Å². The Morgan fingerprint density at radius 1 is 1.27 bits per heavy atom. The maximum Gasteiger partial charge on any atom is 0.232 e. The molecule has 2 aromatic heterocycles. The Hall–Kier alpha value is -2.30. The van der Waals surface area contributed by atoms with Crippen LogP contribution < -0.4 is 10.5 Å². The molecule has 0 aliphatic rings. The number of rotatable bonds is 5. The largest absolute Gasteiger partial charge is 0.368 e. The van der Waals surface area contributed by atoms with Gasteiger partial charge in [0.1, 0.15) is 0 Å². The zero-order valence-electron chi connectivity index (χ0n) is 16.8. The summed E-state index contributed by atoms with van der Waals surface area (Å²) in [6, 6.07) is 4.30. The van der Waals surface area contributed by atoms with Crippen LogP contribution in [0.25, 0.3) is 21.8 Å². The van der Waals surface area contributed by atoms with Gasteiger partial charge in [-0.25, -0.2) is 27.8 Å². The molecule has 0 saturated heterocycles. The predicted octanol–water partition coefficient (Wildman–Crippen LogP) is 4.70. The second-order valence-electron chi connectivity index (χ2n) is 7.57. The molecule has 0 radical (unpaired) electrons. The molecule has 3 N–H and O–H groups in total. The van der Waals surface area contributed by atoms with Gasteiger partial charge in [0.05, 0.1) is 32.7 Å². The standard InChI is InChI=1S/C19H21ClFN5O2S2/c1-5-30(27,28)26-13-9-10(20)8-11(14(13)21)15-16(12-6-7-23-18(22)24-12)29-17(25-15)19(2,3)4/h6-9,26H,5H2,1-4H3,(H2,22,23,24). The summed E-state index contributed by atoms with van der Waals surface area (Å²) in [6.07, 6.45) is 1.51. The van der Waals surface area contributed by atoms with Crippen LogP contribution in [0.15, 0.2) is 24.4 Å². The first-order valence-corrected chi connectivity index (χ1v) is 11.9. The van der Waals surface area contributed by atoms with Crippen LogP contribution in [-0.2, 0) is 15.4 Å². The lowest BCUT2D eigenvalue weighted by Gasteiger charge is -2.14. The summed E-state index contributed by atoms with van der Waals surface area (Å²) in [5, 5.41) is 0.915. The highest BCUT2D eigenvalue weighted by Crippen LogP contribution is 2.42. The van der Waals surface area contributed by atoms with E-state index in [1.807, 2.05) is 20.8 Å². The monoisotopic (exact) mass is 469 g/mol. The highest BCUT2D eigenvalue weighted by molar-refractivity contribution is 7.92. The predicted molar refractivity (Wildman–Crippen MR) is 120 cm³/mol. The van der Waals surface area contributed by atoms with Gasteiger partial charge in [0.2, 0.25) is 16.0 Å². The van der Waals surface area contributed by atoms with E-state index in [4.69, 9.17) is 17.3 Å². The molecule has 0 saturated carbocycles. The Kier molecular flexibility index (Phi) is 6.03. The third kappa shape index (κ3) is 4.71. The molecule has 0 spiro atoms. The third-order valence-electron chi connectivity index (χ3n) is 4.11. The van der Waals surface area contributed by atoms with Gasteiger partial charge >= 0.3 is 0 Å². The molecule has 3 aromatic rings. The first kappa shape index (κ1) is 22.4. The number of hydrogen-bond acceptors (Lipinski definition) is 7. The topological polar surface area (TPSA) is 111 Å². The molecule has 0 bridgehead atoms. The Bertz CT molecular complexity index is 1210. The molecule has 2 heterocycles. The van der Waals surface area contributed by atoms with Gasteiger partial charge in [0.15, 0.2) is 5.82 Å². The molecule has 0 amide bonds. The lowest BCUT2D eigenvalue weighted by Crippen LogP contribution is -2.16. The summed E-state index contributed by atoms with van der Waals surface area (Å²) >= 11 is 7.55. The SMILES string of the molecule is CCS(=O)(=O)Nc1cc(Cl)cc(-c2nc(C(C)(C)C)sc2-c2ccnc(N)n2)c1F. The van der Waals surface area contributed by atoms with Crippen molar-refractivity contribution in [3.8, 4) is 21.8 Å². The number of thiazole rings is 1. The third-order valence-corrected chi connectivity index (χ3v) is 7.13. The van der Waals surface area contributed by atoms with E-state index in [0.717, 1.165) is 5.01 Å². The maximum atomic E-state index is 15.4. The van der Waals surface area contributed by atoms with E-state index in [0.29, 0.717) is 16.3 Å². The van der Waals surface area contributed by atoms with E-state index in [9.17, 15) is 8.42 Å². The average molecular weight is 470 g/mol. The van der Waals surface area contributed by atoms with E-state index in [1.165, 1.54) is 36.6 Å². The number of nitrogen functional groups attached to an aromatic ring is 1. The smallest absolute Gasteiger partial charge is 0.232 e. The summed E-state index contributed by atoms with van der Waals surface area (Å²) in [5.41, 5.74) is 6.04. The van der Waals surface area contributed by atoms with Crippen molar-refractivity contribution in [1.82, 2.24) is 15.0 Å². The molecule has 0 atom stereocenters. The summed E-state index contributed by atoms with van der Waals surface area (Å²) in [4.78, 5) is 13.4. The molecular weight excluding hydrogens is 449 g/mol. The van der Waals surface area contributed by atoms with Crippen LogP contribution in [0.2, 0.25) is 5.02 Å². The molecule has 1 aromatic carbocycles. The number of halogens is 2. The van der Waals surface area contributed by atoms with Gasteiger partial charge in [0, 0.05) is 22.2 Å². The minimum atomic E-state index is -3.70. The van der Waals surface area contributed by atoms with Gasteiger partial charge in [-0.3, -0.25) is 4.72 Å². The Morgan fingerprint density at radius 2 is 1.97 bits per heavy atom. The first-order chi connectivity index (χ1) is 13.9. The van der Waals surface area contributed by atoms with Crippen molar-refractivity contribution in [2.24, 2.45) is 0 Å². The zero-order valence-corrected chi connectivity index (χ0v) is 19.2. The number of anilines is 2. The number of benzene rings is 1. The quantitative estimate of drug-likeness (QED) is 0.560. The molecule has 0 aliphatic heterocycles. The number of hydrogen-bond donors (Lipinski definition) is 2.